The van der Waals surface area contributed by atoms with Gasteiger partial charge in [-0.2, -0.15) is 0 Å². The molecule has 1 aromatic heterocycles. The maximum Gasteiger partial charge on any atom is 0.346 e. The summed E-state index contributed by atoms with van der Waals surface area (Å²) < 4.78 is 6.80. The van der Waals surface area contributed by atoms with E-state index in [9.17, 15) is 9.90 Å². The van der Waals surface area contributed by atoms with Crippen molar-refractivity contribution in [3.63, 3.8) is 0 Å². The van der Waals surface area contributed by atoms with Gasteiger partial charge in [-0.05, 0) is 18.5 Å². The standard InChI is InChI=1S/C14H15NO3S/c1-15-6-7-18-10(8-15)12-9-4-2-3-5-11(9)19-13(12)14(16)17/h2-5,10H,6-8H2,1H3,(H,16,17)/t10-/m1/s1. The van der Waals surface area contributed by atoms with Gasteiger partial charge in [-0.15, -0.1) is 11.3 Å². The lowest BCUT2D eigenvalue weighted by atomic mass is 10.0. The van der Waals surface area contributed by atoms with Crippen molar-refractivity contribution in [1.82, 2.24) is 4.90 Å². The number of hydrogen-bond donors (Lipinski definition) is 1. The Morgan fingerprint density at radius 1 is 1.47 bits per heavy atom. The average Bonchev–Trinajstić information content (AvgIpc) is 2.78. The van der Waals surface area contributed by atoms with Gasteiger partial charge in [-0.1, -0.05) is 18.2 Å². The molecule has 1 aliphatic rings. The molecular formula is C14H15NO3S. The molecule has 2 aromatic rings. The molecule has 4 nitrogen and oxygen atoms in total. The highest BCUT2D eigenvalue weighted by molar-refractivity contribution is 7.21. The fraction of sp³-hybridized carbons (Fsp3) is 0.357. The summed E-state index contributed by atoms with van der Waals surface area (Å²) in [6.07, 6.45) is -0.152. The zero-order valence-corrected chi connectivity index (χ0v) is 11.4. The number of rotatable bonds is 2. The number of likely N-dealkylation sites (N-methyl/N-ethyl adjacent to an activating group) is 1. The monoisotopic (exact) mass is 277 g/mol. The van der Waals surface area contributed by atoms with Crippen LogP contribution in [0.1, 0.15) is 21.3 Å². The minimum Gasteiger partial charge on any atom is -0.477 e. The molecule has 1 fully saturated rings. The van der Waals surface area contributed by atoms with Gasteiger partial charge in [0, 0.05) is 23.4 Å². The summed E-state index contributed by atoms with van der Waals surface area (Å²) in [5.41, 5.74) is 0.833. The second-order valence-electron chi connectivity index (χ2n) is 4.77. The summed E-state index contributed by atoms with van der Waals surface area (Å²) in [7, 11) is 2.03. The van der Waals surface area contributed by atoms with E-state index in [4.69, 9.17) is 4.74 Å². The zero-order chi connectivity index (χ0) is 13.4. The number of ether oxygens (including phenoxy) is 1. The number of carboxylic acid groups (broad SMARTS) is 1. The first-order valence-corrected chi connectivity index (χ1v) is 7.03. The summed E-state index contributed by atoms with van der Waals surface area (Å²) in [5.74, 6) is -0.868. The predicted molar refractivity (Wildman–Crippen MR) is 75.0 cm³/mol. The van der Waals surface area contributed by atoms with Crippen molar-refractivity contribution in [3.05, 3.63) is 34.7 Å². The van der Waals surface area contributed by atoms with Crippen molar-refractivity contribution in [3.8, 4) is 0 Å². The fourth-order valence-electron chi connectivity index (χ4n) is 2.50. The van der Waals surface area contributed by atoms with E-state index in [2.05, 4.69) is 4.90 Å². The Hall–Kier alpha value is -1.43. The lowest BCUT2D eigenvalue weighted by Crippen LogP contribution is -2.35. The molecule has 2 heterocycles. The zero-order valence-electron chi connectivity index (χ0n) is 10.6. The molecule has 1 aliphatic heterocycles. The molecule has 3 rings (SSSR count). The number of benzene rings is 1. The van der Waals surface area contributed by atoms with Crippen molar-refractivity contribution in [2.45, 2.75) is 6.10 Å². The van der Waals surface area contributed by atoms with Crippen molar-refractivity contribution >= 4 is 27.4 Å². The van der Waals surface area contributed by atoms with Gasteiger partial charge in [0.25, 0.3) is 0 Å². The van der Waals surface area contributed by atoms with Gasteiger partial charge >= 0.3 is 5.97 Å². The van der Waals surface area contributed by atoms with Crippen molar-refractivity contribution in [2.24, 2.45) is 0 Å². The Morgan fingerprint density at radius 3 is 3.00 bits per heavy atom. The van der Waals surface area contributed by atoms with Gasteiger partial charge in [0.2, 0.25) is 0 Å². The molecule has 1 aromatic carbocycles. The van der Waals surface area contributed by atoms with E-state index in [0.29, 0.717) is 11.5 Å². The lowest BCUT2D eigenvalue weighted by Gasteiger charge is -2.30. The van der Waals surface area contributed by atoms with Crippen LogP contribution >= 0.6 is 11.3 Å². The van der Waals surface area contributed by atoms with Crippen LogP contribution in [0.4, 0.5) is 0 Å². The highest BCUT2D eigenvalue weighted by atomic mass is 32.1. The van der Waals surface area contributed by atoms with Gasteiger partial charge in [0.15, 0.2) is 0 Å². The number of carboxylic acids is 1. The average molecular weight is 277 g/mol. The fourth-order valence-corrected chi connectivity index (χ4v) is 3.59. The Kier molecular flexibility index (Phi) is 3.26. The van der Waals surface area contributed by atoms with Crippen LogP contribution in [0.3, 0.4) is 0 Å². The largest absolute Gasteiger partial charge is 0.477 e. The summed E-state index contributed by atoms with van der Waals surface area (Å²) in [5, 5.41) is 10.4. The number of hydrogen-bond acceptors (Lipinski definition) is 4. The first-order valence-electron chi connectivity index (χ1n) is 6.21. The minimum atomic E-state index is -0.868. The molecule has 0 aliphatic carbocycles. The first kappa shape index (κ1) is 12.6. The van der Waals surface area contributed by atoms with Crippen LogP contribution in [0.5, 0.6) is 0 Å². The van der Waals surface area contributed by atoms with Crippen molar-refractivity contribution in [1.29, 1.82) is 0 Å². The molecular weight excluding hydrogens is 262 g/mol. The summed E-state index contributed by atoms with van der Waals surface area (Å²) >= 11 is 1.33. The Morgan fingerprint density at radius 2 is 2.26 bits per heavy atom. The third-order valence-corrected chi connectivity index (χ3v) is 4.59. The SMILES string of the molecule is CN1CCO[C@@H](c2c(C(=O)O)sc3ccccc23)C1. The highest BCUT2D eigenvalue weighted by Gasteiger charge is 2.28. The number of carbonyl (C=O) groups is 1. The van der Waals surface area contributed by atoms with Crippen LogP contribution in [0.15, 0.2) is 24.3 Å². The molecule has 1 N–H and O–H groups in total. The summed E-state index contributed by atoms with van der Waals surface area (Å²) in [6, 6.07) is 7.81. The van der Waals surface area contributed by atoms with Gasteiger partial charge in [0.05, 0.1) is 12.7 Å². The van der Waals surface area contributed by atoms with Gasteiger partial charge in [-0.3, -0.25) is 0 Å². The topological polar surface area (TPSA) is 49.8 Å². The van der Waals surface area contributed by atoms with Crippen molar-refractivity contribution in [2.75, 3.05) is 26.7 Å². The number of morpholine rings is 1. The van der Waals surface area contributed by atoms with Crippen LogP contribution < -0.4 is 0 Å². The smallest absolute Gasteiger partial charge is 0.346 e. The second kappa shape index (κ2) is 4.92. The number of nitrogens with zero attached hydrogens (tertiary/aromatic N) is 1. The van der Waals surface area contributed by atoms with Gasteiger partial charge < -0.3 is 14.7 Å². The molecule has 1 atom stereocenters. The maximum atomic E-state index is 11.5. The number of fused-ring (bicyclic) bond motifs is 1. The second-order valence-corrected chi connectivity index (χ2v) is 5.82. The molecule has 0 spiro atoms. The molecule has 0 radical (unpaired) electrons. The van der Waals surface area contributed by atoms with Crippen LogP contribution in [0.2, 0.25) is 0 Å². The molecule has 5 heteroatoms. The van der Waals surface area contributed by atoms with Crippen LogP contribution in [-0.4, -0.2) is 42.7 Å². The molecule has 0 saturated carbocycles. The van der Waals surface area contributed by atoms with Crippen LogP contribution in [0, 0.1) is 0 Å². The Bertz CT molecular complexity index is 622. The molecule has 19 heavy (non-hydrogen) atoms. The first-order chi connectivity index (χ1) is 9.16. The molecule has 0 unspecified atom stereocenters. The maximum absolute atomic E-state index is 11.5. The normalized spacial score (nSPS) is 20.8. The van der Waals surface area contributed by atoms with E-state index in [-0.39, 0.29) is 6.10 Å². The van der Waals surface area contributed by atoms with E-state index in [1.807, 2.05) is 31.3 Å². The third kappa shape index (κ3) is 2.25. The van der Waals surface area contributed by atoms with E-state index in [1.165, 1.54) is 11.3 Å². The van der Waals surface area contributed by atoms with Gasteiger partial charge in [-0.25, -0.2) is 4.79 Å². The summed E-state index contributed by atoms with van der Waals surface area (Å²) in [4.78, 5) is 14.0. The number of thiophene rings is 1. The Balaban J connectivity index is 2.14. The van der Waals surface area contributed by atoms with Gasteiger partial charge in [0.1, 0.15) is 4.88 Å². The van der Waals surface area contributed by atoms with E-state index >= 15 is 0 Å². The molecule has 1 saturated heterocycles. The highest BCUT2D eigenvalue weighted by Crippen LogP contribution is 2.37. The number of aromatic carboxylic acids is 1. The van der Waals surface area contributed by atoms with E-state index in [0.717, 1.165) is 28.7 Å². The third-order valence-electron chi connectivity index (χ3n) is 3.42. The van der Waals surface area contributed by atoms with E-state index in [1.54, 1.807) is 0 Å². The Labute approximate surface area is 115 Å². The lowest BCUT2D eigenvalue weighted by molar-refractivity contribution is -0.0204. The van der Waals surface area contributed by atoms with Crippen molar-refractivity contribution < 1.29 is 14.6 Å². The predicted octanol–water partition coefficient (Wildman–Crippen LogP) is 2.60. The quantitative estimate of drug-likeness (QED) is 0.916. The molecule has 0 amide bonds. The summed E-state index contributed by atoms with van der Waals surface area (Å²) in [6.45, 7) is 2.27. The van der Waals surface area contributed by atoms with Crippen LogP contribution in [0.25, 0.3) is 10.1 Å². The van der Waals surface area contributed by atoms with Crippen LogP contribution in [-0.2, 0) is 4.74 Å². The minimum absolute atomic E-state index is 0.152. The molecule has 0 bridgehead atoms. The molecule has 100 valence electrons. The van der Waals surface area contributed by atoms with E-state index < -0.39 is 5.97 Å².